The first-order chi connectivity index (χ1) is 11.4. The maximum atomic E-state index is 12.5. The average molecular weight is 419 g/mol. The van der Waals surface area contributed by atoms with Gasteiger partial charge in [0.15, 0.2) is 0 Å². The highest BCUT2D eigenvalue weighted by Gasteiger charge is 2.31. The molecule has 0 atom stereocenters. The standard InChI is InChI=1S/C16H23BrN2O4S/c1-23-10-7-18-16(20)14-5-8-19(9-6-14)24(21,22)12-13-3-2-4-15(17)11-13/h2-4,11,14H,5-10,12H2,1H3,(H,18,20). The largest absolute Gasteiger partial charge is 0.383 e. The number of halogens is 1. The van der Waals surface area contributed by atoms with Gasteiger partial charge in [-0.15, -0.1) is 0 Å². The second-order valence-electron chi connectivity index (χ2n) is 5.84. The van der Waals surface area contributed by atoms with Gasteiger partial charge in [0.1, 0.15) is 0 Å². The van der Waals surface area contributed by atoms with E-state index in [9.17, 15) is 13.2 Å². The van der Waals surface area contributed by atoms with Crippen molar-refractivity contribution >= 4 is 31.9 Å². The van der Waals surface area contributed by atoms with Crippen molar-refractivity contribution in [2.24, 2.45) is 5.92 Å². The number of benzene rings is 1. The highest BCUT2D eigenvalue weighted by molar-refractivity contribution is 9.10. The molecule has 0 spiro atoms. The molecule has 6 nitrogen and oxygen atoms in total. The van der Waals surface area contributed by atoms with Crippen molar-refractivity contribution in [3.8, 4) is 0 Å². The first kappa shape index (κ1) is 19.4. The molecule has 2 rings (SSSR count). The van der Waals surface area contributed by atoms with E-state index in [1.54, 1.807) is 13.2 Å². The van der Waals surface area contributed by atoms with Gasteiger partial charge in [0.25, 0.3) is 0 Å². The summed E-state index contributed by atoms with van der Waals surface area (Å²) in [7, 11) is -1.78. The lowest BCUT2D eigenvalue weighted by atomic mass is 9.97. The second kappa shape index (κ2) is 8.94. The lowest BCUT2D eigenvalue weighted by Crippen LogP contribution is -2.43. The van der Waals surface area contributed by atoms with Gasteiger partial charge in [-0.1, -0.05) is 28.1 Å². The molecule has 8 heteroatoms. The Bertz CT molecular complexity index is 658. The van der Waals surface area contributed by atoms with Gasteiger partial charge in [-0.05, 0) is 30.5 Å². The number of carbonyl (C=O) groups excluding carboxylic acids is 1. The van der Waals surface area contributed by atoms with E-state index in [1.165, 1.54) is 4.31 Å². The van der Waals surface area contributed by atoms with Crippen molar-refractivity contribution in [2.45, 2.75) is 18.6 Å². The molecule has 0 bridgehead atoms. The van der Waals surface area contributed by atoms with E-state index in [0.29, 0.717) is 39.1 Å². The van der Waals surface area contributed by atoms with Gasteiger partial charge in [-0.25, -0.2) is 12.7 Å². The quantitative estimate of drug-likeness (QED) is 0.684. The Morgan fingerprint density at radius 2 is 2.08 bits per heavy atom. The van der Waals surface area contributed by atoms with Crippen LogP contribution in [0.4, 0.5) is 0 Å². The molecule has 0 radical (unpaired) electrons. The Kier molecular flexibility index (Phi) is 7.21. The van der Waals surface area contributed by atoms with Crippen LogP contribution in [-0.4, -0.2) is 52.0 Å². The summed E-state index contributed by atoms with van der Waals surface area (Å²) in [4.78, 5) is 12.0. The maximum absolute atomic E-state index is 12.5. The summed E-state index contributed by atoms with van der Waals surface area (Å²) >= 11 is 3.35. The Labute approximate surface area is 151 Å². The van der Waals surface area contributed by atoms with E-state index in [-0.39, 0.29) is 17.6 Å². The molecule has 1 saturated heterocycles. The zero-order valence-corrected chi connectivity index (χ0v) is 16.1. The van der Waals surface area contributed by atoms with Crippen molar-refractivity contribution in [2.75, 3.05) is 33.4 Å². The number of piperidine rings is 1. The molecule has 0 aliphatic carbocycles. The average Bonchev–Trinajstić information content (AvgIpc) is 2.55. The summed E-state index contributed by atoms with van der Waals surface area (Å²) < 4.78 is 32.4. The molecule has 0 saturated carbocycles. The van der Waals surface area contributed by atoms with Crippen LogP contribution in [0.25, 0.3) is 0 Å². The molecule has 1 amide bonds. The van der Waals surface area contributed by atoms with Gasteiger partial charge in [0, 0.05) is 37.1 Å². The minimum atomic E-state index is -3.36. The third kappa shape index (κ3) is 5.54. The van der Waals surface area contributed by atoms with Crippen LogP contribution < -0.4 is 5.32 Å². The second-order valence-corrected chi connectivity index (χ2v) is 8.73. The fourth-order valence-corrected chi connectivity index (χ4v) is 4.74. The van der Waals surface area contributed by atoms with Crippen LogP contribution >= 0.6 is 15.9 Å². The van der Waals surface area contributed by atoms with E-state index in [0.717, 1.165) is 10.0 Å². The van der Waals surface area contributed by atoms with Crippen LogP contribution in [0.5, 0.6) is 0 Å². The van der Waals surface area contributed by atoms with Crippen molar-refractivity contribution < 1.29 is 17.9 Å². The summed E-state index contributed by atoms with van der Waals surface area (Å²) in [6.45, 7) is 1.74. The van der Waals surface area contributed by atoms with E-state index in [1.807, 2.05) is 18.2 Å². The molecule has 1 aliphatic rings. The number of nitrogens with zero attached hydrogens (tertiary/aromatic N) is 1. The highest BCUT2D eigenvalue weighted by Crippen LogP contribution is 2.22. The lowest BCUT2D eigenvalue weighted by Gasteiger charge is -2.30. The van der Waals surface area contributed by atoms with Crippen LogP contribution in [0, 0.1) is 5.92 Å². The molecular formula is C16H23BrN2O4S. The summed E-state index contributed by atoms with van der Waals surface area (Å²) in [6, 6.07) is 7.31. The number of methoxy groups -OCH3 is 1. The van der Waals surface area contributed by atoms with Crippen molar-refractivity contribution in [3.63, 3.8) is 0 Å². The summed E-state index contributed by atoms with van der Waals surface area (Å²) in [5.41, 5.74) is 0.754. The molecule has 0 aromatic heterocycles. The molecule has 1 N–H and O–H groups in total. The molecule has 1 aliphatic heterocycles. The van der Waals surface area contributed by atoms with Crippen LogP contribution in [0.15, 0.2) is 28.7 Å². The predicted octanol–water partition coefficient (Wildman–Crippen LogP) is 1.75. The number of carbonyl (C=O) groups is 1. The van der Waals surface area contributed by atoms with Gasteiger partial charge in [0.05, 0.1) is 12.4 Å². The van der Waals surface area contributed by atoms with Gasteiger partial charge in [-0.2, -0.15) is 0 Å². The van der Waals surface area contributed by atoms with E-state index in [2.05, 4.69) is 21.2 Å². The number of rotatable bonds is 7. The van der Waals surface area contributed by atoms with E-state index >= 15 is 0 Å². The Morgan fingerprint density at radius 1 is 1.38 bits per heavy atom. The normalized spacial score (nSPS) is 16.9. The zero-order chi connectivity index (χ0) is 17.6. The minimum absolute atomic E-state index is 0.0167. The molecular weight excluding hydrogens is 396 g/mol. The summed E-state index contributed by atoms with van der Waals surface area (Å²) in [5, 5.41) is 2.82. The number of hydrogen-bond donors (Lipinski definition) is 1. The highest BCUT2D eigenvalue weighted by atomic mass is 79.9. The number of amides is 1. The molecule has 1 fully saturated rings. The fraction of sp³-hybridized carbons (Fsp3) is 0.562. The maximum Gasteiger partial charge on any atom is 0.223 e. The van der Waals surface area contributed by atoms with Crippen LogP contribution in [0.1, 0.15) is 18.4 Å². The Balaban J connectivity index is 1.87. The monoisotopic (exact) mass is 418 g/mol. The zero-order valence-electron chi connectivity index (χ0n) is 13.7. The van der Waals surface area contributed by atoms with Crippen molar-refractivity contribution in [1.29, 1.82) is 0 Å². The number of ether oxygens (including phenoxy) is 1. The number of hydrogen-bond acceptors (Lipinski definition) is 4. The minimum Gasteiger partial charge on any atom is -0.383 e. The topological polar surface area (TPSA) is 75.7 Å². The Morgan fingerprint density at radius 3 is 2.71 bits per heavy atom. The third-order valence-electron chi connectivity index (χ3n) is 4.06. The van der Waals surface area contributed by atoms with Crippen molar-refractivity contribution in [1.82, 2.24) is 9.62 Å². The molecule has 1 heterocycles. The van der Waals surface area contributed by atoms with Gasteiger partial charge in [0.2, 0.25) is 15.9 Å². The van der Waals surface area contributed by atoms with Gasteiger partial charge in [-0.3, -0.25) is 4.79 Å². The lowest BCUT2D eigenvalue weighted by molar-refractivity contribution is -0.126. The third-order valence-corrected chi connectivity index (χ3v) is 6.40. The molecule has 134 valence electrons. The first-order valence-electron chi connectivity index (χ1n) is 7.91. The summed E-state index contributed by atoms with van der Waals surface area (Å²) in [6.07, 6.45) is 1.10. The van der Waals surface area contributed by atoms with Gasteiger partial charge < -0.3 is 10.1 Å². The number of nitrogens with one attached hydrogen (secondary N) is 1. The van der Waals surface area contributed by atoms with Crippen LogP contribution in [-0.2, 0) is 25.3 Å². The first-order valence-corrected chi connectivity index (χ1v) is 10.3. The SMILES string of the molecule is COCCNC(=O)C1CCN(S(=O)(=O)Cc2cccc(Br)c2)CC1. The van der Waals surface area contributed by atoms with Crippen molar-refractivity contribution in [3.05, 3.63) is 34.3 Å². The molecule has 1 aromatic rings. The summed E-state index contributed by atoms with van der Waals surface area (Å²) in [5.74, 6) is -0.160. The van der Waals surface area contributed by atoms with Gasteiger partial charge >= 0.3 is 0 Å². The molecule has 0 unspecified atom stereocenters. The predicted molar refractivity (Wildman–Crippen MR) is 95.9 cm³/mol. The van der Waals surface area contributed by atoms with E-state index < -0.39 is 10.0 Å². The Hall–Kier alpha value is -0.960. The van der Waals surface area contributed by atoms with Crippen LogP contribution in [0.2, 0.25) is 0 Å². The van der Waals surface area contributed by atoms with E-state index in [4.69, 9.17) is 4.74 Å². The molecule has 1 aromatic carbocycles. The van der Waals surface area contributed by atoms with Crippen LogP contribution in [0.3, 0.4) is 0 Å². The smallest absolute Gasteiger partial charge is 0.223 e. The fourth-order valence-electron chi connectivity index (χ4n) is 2.75. The molecule has 24 heavy (non-hydrogen) atoms. The number of sulfonamides is 1.